The number of rotatable bonds is 7. The van der Waals surface area contributed by atoms with Gasteiger partial charge < -0.3 is 14.0 Å². The molecule has 1 aliphatic carbocycles. The molecular weight excluding hydrogens is 799 g/mol. The summed E-state index contributed by atoms with van der Waals surface area (Å²) in [5, 5.41) is 5.02. The highest BCUT2D eigenvalue weighted by Crippen LogP contribution is 2.54. The molecule has 3 heteroatoms. The Morgan fingerprint density at radius 1 is 0.348 bits per heavy atom. The molecule has 13 rings (SSSR count). The number of hydrogen-bond acceptors (Lipinski definition) is 1. The molecule has 0 spiro atoms. The molecule has 12 aromatic rings. The SMILES string of the molecule is CC1(C)c2ccccc2-c2c(N(c3ccc(-c4ccc5c(c4)c4ccccc4n5-c4ccccc4)cc3)c3ccc(-c4cccc5c4c4ccccc4n5-c4ccccc4)cc3)cccc21. The maximum atomic E-state index is 2.46. The minimum Gasteiger partial charge on any atom is -0.310 e. The summed E-state index contributed by atoms with van der Waals surface area (Å²) in [7, 11) is 0. The fourth-order valence-corrected chi connectivity index (χ4v) is 11.1. The van der Waals surface area contributed by atoms with Gasteiger partial charge in [0.1, 0.15) is 0 Å². The van der Waals surface area contributed by atoms with Crippen molar-refractivity contribution in [1.29, 1.82) is 0 Å². The van der Waals surface area contributed by atoms with Gasteiger partial charge in [0.05, 0.1) is 27.8 Å². The van der Waals surface area contributed by atoms with E-state index in [1.54, 1.807) is 0 Å². The number of anilines is 3. The van der Waals surface area contributed by atoms with Crippen LogP contribution in [0.1, 0.15) is 25.0 Å². The summed E-state index contributed by atoms with van der Waals surface area (Å²) in [5.74, 6) is 0. The second-order valence-corrected chi connectivity index (χ2v) is 18.1. The van der Waals surface area contributed by atoms with Gasteiger partial charge >= 0.3 is 0 Å². The number of nitrogens with zero attached hydrogens (tertiary/aromatic N) is 3. The largest absolute Gasteiger partial charge is 0.310 e. The summed E-state index contributed by atoms with van der Waals surface area (Å²) in [6, 6.07) is 86.8. The monoisotopic (exact) mass is 843 g/mol. The lowest BCUT2D eigenvalue weighted by molar-refractivity contribution is 0.660. The Morgan fingerprint density at radius 2 is 0.848 bits per heavy atom. The lowest BCUT2D eigenvalue weighted by Gasteiger charge is -2.29. The zero-order valence-electron chi connectivity index (χ0n) is 36.9. The Balaban J connectivity index is 0.948. The Morgan fingerprint density at radius 3 is 1.56 bits per heavy atom. The highest BCUT2D eigenvalue weighted by Gasteiger charge is 2.37. The average Bonchev–Trinajstić information content (AvgIpc) is 3.98. The topological polar surface area (TPSA) is 13.1 Å². The molecule has 0 fully saturated rings. The van der Waals surface area contributed by atoms with Crippen molar-refractivity contribution in [1.82, 2.24) is 9.13 Å². The van der Waals surface area contributed by atoms with Gasteiger partial charge in [-0.2, -0.15) is 0 Å². The number of para-hydroxylation sites is 4. The predicted molar refractivity (Wildman–Crippen MR) is 278 cm³/mol. The molecule has 0 saturated heterocycles. The minimum absolute atomic E-state index is 0.124. The van der Waals surface area contributed by atoms with Crippen LogP contribution in [0.3, 0.4) is 0 Å². The molecule has 2 aromatic heterocycles. The Bertz CT molecular complexity index is 3820. The second kappa shape index (κ2) is 14.8. The number of fused-ring (bicyclic) bond motifs is 9. The van der Waals surface area contributed by atoms with E-state index >= 15 is 0 Å². The predicted octanol–water partition coefficient (Wildman–Crippen LogP) is 17.0. The molecule has 0 unspecified atom stereocenters. The Hall–Kier alpha value is -8.40. The van der Waals surface area contributed by atoms with Crippen molar-refractivity contribution in [3.8, 4) is 44.8 Å². The first-order chi connectivity index (χ1) is 32.5. The summed E-state index contributed by atoms with van der Waals surface area (Å²) >= 11 is 0. The molecule has 1 aliphatic rings. The van der Waals surface area contributed by atoms with E-state index in [9.17, 15) is 0 Å². The van der Waals surface area contributed by atoms with Crippen LogP contribution in [0.5, 0.6) is 0 Å². The first kappa shape index (κ1) is 38.1. The van der Waals surface area contributed by atoms with Crippen molar-refractivity contribution in [2.24, 2.45) is 0 Å². The van der Waals surface area contributed by atoms with Gasteiger partial charge in [-0.25, -0.2) is 0 Å². The van der Waals surface area contributed by atoms with E-state index in [1.165, 1.54) is 99.5 Å². The van der Waals surface area contributed by atoms with Crippen molar-refractivity contribution < 1.29 is 0 Å². The molecule has 312 valence electrons. The molecule has 0 radical (unpaired) electrons. The van der Waals surface area contributed by atoms with Gasteiger partial charge in [-0.15, -0.1) is 0 Å². The maximum absolute atomic E-state index is 2.46. The normalized spacial score (nSPS) is 12.8. The van der Waals surface area contributed by atoms with Gasteiger partial charge in [0.2, 0.25) is 0 Å². The molecule has 0 saturated carbocycles. The lowest BCUT2D eigenvalue weighted by atomic mass is 9.82. The van der Waals surface area contributed by atoms with Gasteiger partial charge in [-0.1, -0.05) is 166 Å². The van der Waals surface area contributed by atoms with E-state index in [2.05, 4.69) is 264 Å². The molecule has 0 N–H and O–H groups in total. The van der Waals surface area contributed by atoms with Crippen LogP contribution in [-0.4, -0.2) is 9.13 Å². The molecule has 0 aliphatic heterocycles. The Labute approximate surface area is 384 Å². The van der Waals surface area contributed by atoms with Crippen molar-refractivity contribution in [2.75, 3.05) is 4.90 Å². The van der Waals surface area contributed by atoms with Crippen molar-refractivity contribution in [3.63, 3.8) is 0 Å². The van der Waals surface area contributed by atoms with Gasteiger partial charge in [-0.05, 0) is 124 Å². The zero-order valence-corrected chi connectivity index (χ0v) is 36.9. The van der Waals surface area contributed by atoms with E-state index in [1.807, 2.05) is 0 Å². The first-order valence-corrected chi connectivity index (χ1v) is 22.9. The number of aromatic nitrogens is 2. The average molecular weight is 844 g/mol. The van der Waals surface area contributed by atoms with Crippen LogP contribution in [0.15, 0.2) is 237 Å². The summed E-state index contributed by atoms with van der Waals surface area (Å²) in [6.07, 6.45) is 0. The van der Waals surface area contributed by atoms with E-state index in [-0.39, 0.29) is 5.41 Å². The molecule has 0 atom stereocenters. The van der Waals surface area contributed by atoms with E-state index in [0.717, 1.165) is 17.1 Å². The van der Waals surface area contributed by atoms with Crippen molar-refractivity contribution in [3.05, 3.63) is 248 Å². The highest BCUT2D eigenvalue weighted by molar-refractivity contribution is 6.16. The molecule has 0 bridgehead atoms. The van der Waals surface area contributed by atoms with E-state index < -0.39 is 0 Å². The van der Waals surface area contributed by atoms with E-state index in [0.29, 0.717) is 0 Å². The fraction of sp³-hybridized carbons (Fsp3) is 0.0476. The van der Waals surface area contributed by atoms with Gasteiger partial charge in [0, 0.05) is 55.3 Å². The summed E-state index contributed by atoms with van der Waals surface area (Å²) in [4.78, 5) is 2.46. The second-order valence-electron chi connectivity index (χ2n) is 18.1. The van der Waals surface area contributed by atoms with Gasteiger partial charge in [0.15, 0.2) is 0 Å². The van der Waals surface area contributed by atoms with Crippen LogP contribution in [0, 0.1) is 0 Å². The number of hydrogen-bond donors (Lipinski definition) is 0. The van der Waals surface area contributed by atoms with Crippen LogP contribution < -0.4 is 4.90 Å². The molecular formula is C63H45N3. The summed E-state index contributed by atoms with van der Waals surface area (Å²) in [5.41, 5.74) is 20.5. The van der Waals surface area contributed by atoms with Crippen LogP contribution >= 0.6 is 0 Å². The number of benzene rings is 10. The van der Waals surface area contributed by atoms with Gasteiger partial charge in [-0.3, -0.25) is 0 Å². The van der Waals surface area contributed by atoms with Crippen LogP contribution in [0.4, 0.5) is 17.1 Å². The molecule has 2 heterocycles. The van der Waals surface area contributed by atoms with Crippen molar-refractivity contribution in [2.45, 2.75) is 19.3 Å². The fourth-order valence-electron chi connectivity index (χ4n) is 11.1. The van der Waals surface area contributed by atoms with Crippen LogP contribution in [-0.2, 0) is 5.41 Å². The zero-order chi connectivity index (χ0) is 43.9. The smallest absolute Gasteiger partial charge is 0.0547 e. The van der Waals surface area contributed by atoms with Crippen LogP contribution in [0.2, 0.25) is 0 Å². The third-order valence-electron chi connectivity index (χ3n) is 14.1. The molecule has 10 aromatic carbocycles. The standard InChI is InChI=1S/C63H45N3/c1-63(2)54-25-12-9-22-51(54)62-55(63)26-16-30-60(62)64(47-36-31-42(32-37-47)44-35-40-58-53(41-44)50-21-10-13-27-56(50)65(58)45-17-5-3-6-18-45)48-38-33-43(34-39-48)49-24-15-29-59-61(49)52-23-11-14-28-57(52)66(59)46-19-7-4-8-20-46/h3-41H,1-2H3. The van der Waals surface area contributed by atoms with Crippen molar-refractivity contribution >= 4 is 60.7 Å². The summed E-state index contributed by atoms with van der Waals surface area (Å²) < 4.78 is 4.77. The first-order valence-electron chi connectivity index (χ1n) is 22.9. The minimum atomic E-state index is -0.124. The third kappa shape index (κ3) is 5.76. The third-order valence-corrected chi connectivity index (χ3v) is 14.1. The highest BCUT2D eigenvalue weighted by atomic mass is 15.1. The maximum Gasteiger partial charge on any atom is 0.0547 e. The summed E-state index contributed by atoms with van der Waals surface area (Å²) in [6.45, 7) is 4.72. The Kier molecular flexibility index (Phi) is 8.56. The lowest BCUT2D eigenvalue weighted by Crippen LogP contribution is -2.16. The quantitative estimate of drug-likeness (QED) is 0.156. The molecule has 66 heavy (non-hydrogen) atoms. The molecule has 0 amide bonds. The van der Waals surface area contributed by atoms with E-state index in [4.69, 9.17) is 0 Å². The van der Waals surface area contributed by atoms with Crippen LogP contribution in [0.25, 0.3) is 88.4 Å². The van der Waals surface area contributed by atoms with Gasteiger partial charge in [0.25, 0.3) is 0 Å². The molecule has 3 nitrogen and oxygen atoms in total.